The van der Waals surface area contributed by atoms with E-state index in [0.717, 1.165) is 98.7 Å². The number of ether oxygens (including phenoxy) is 1. The van der Waals surface area contributed by atoms with Gasteiger partial charge in [0, 0.05) is 68.9 Å². The average molecular weight is 492 g/mol. The first kappa shape index (κ1) is 24.5. The third kappa shape index (κ3) is 5.63. The first-order valence-electron chi connectivity index (χ1n) is 12.8. The second-order valence-electron chi connectivity index (χ2n) is 9.89. The second kappa shape index (κ2) is 11.3. The van der Waals surface area contributed by atoms with E-state index in [9.17, 15) is 4.39 Å². The van der Waals surface area contributed by atoms with Crippen LogP contribution in [0.1, 0.15) is 38.3 Å². The fourth-order valence-electron chi connectivity index (χ4n) is 5.10. The molecule has 190 valence electrons. The molecule has 3 aromatic rings. The second-order valence-corrected chi connectivity index (χ2v) is 9.89. The quantitative estimate of drug-likeness (QED) is 0.518. The minimum Gasteiger partial charge on any atom is -0.381 e. The molecule has 0 bridgehead atoms. The highest BCUT2D eigenvalue weighted by atomic mass is 19.1. The van der Waals surface area contributed by atoms with Crippen molar-refractivity contribution < 1.29 is 9.13 Å². The molecule has 1 aromatic carbocycles. The molecule has 2 aliphatic rings. The van der Waals surface area contributed by atoms with Crippen molar-refractivity contribution >= 4 is 17.2 Å². The van der Waals surface area contributed by atoms with Gasteiger partial charge in [0.2, 0.25) is 0 Å². The predicted molar refractivity (Wildman–Crippen MR) is 139 cm³/mol. The summed E-state index contributed by atoms with van der Waals surface area (Å²) in [6.45, 7) is 10.9. The molecule has 2 saturated heterocycles. The Hall–Kier alpha value is -3.17. The lowest BCUT2D eigenvalue weighted by molar-refractivity contribution is 0.0517. The van der Waals surface area contributed by atoms with Crippen molar-refractivity contribution in [3.63, 3.8) is 0 Å². The van der Waals surface area contributed by atoms with Gasteiger partial charge in [-0.25, -0.2) is 24.3 Å². The molecular weight excluding hydrogens is 457 g/mol. The van der Waals surface area contributed by atoms with Crippen molar-refractivity contribution in [1.29, 1.82) is 0 Å². The molecule has 4 heterocycles. The third-order valence-corrected chi connectivity index (χ3v) is 7.05. The molecular formula is C27H34FN7O. The number of benzene rings is 1. The van der Waals surface area contributed by atoms with Crippen LogP contribution in [0.3, 0.4) is 0 Å². The summed E-state index contributed by atoms with van der Waals surface area (Å²) in [7, 11) is 0. The average Bonchev–Trinajstić information content (AvgIpc) is 2.91. The zero-order chi connectivity index (χ0) is 24.9. The Kier molecular flexibility index (Phi) is 7.67. The Morgan fingerprint density at radius 1 is 0.972 bits per heavy atom. The number of piperazine rings is 1. The molecule has 0 aliphatic carbocycles. The highest BCUT2D eigenvalue weighted by Crippen LogP contribution is 2.36. The van der Waals surface area contributed by atoms with Gasteiger partial charge in [-0.1, -0.05) is 13.8 Å². The number of aromatic nitrogens is 4. The topological polar surface area (TPSA) is 79.3 Å². The fourth-order valence-corrected chi connectivity index (χ4v) is 5.10. The lowest BCUT2D eigenvalue weighted by Gasteiger charge is -2.38. The molecule has 0 amide bonds. The third-order valence-electron chi connectivity index (χ3n) is 7.05. The molecule has 5 rings (SSSR count). The summed E-state index contributed by atoms with van der Waals surface area (Å²) in [5.74, 6) is 1.46. The maximum atomic E-state index is 14.4. The van der Waals surface area contributed by atoms with Gasteiger partial charge in [0.1, 0.15) is 24.2 Å². The van der Waals surface area contributed by atoms with E-state index in [1.54, 1.807) is 24.8 Å². The molecule has 2 fully saturated rings. The molecule has 2 aliphatic heterocycles. The van der Waals surface area contributed by atoms with Gasteiger partial charge in [0.25, 0.3) is 0 Å². The number of nitrogens with zero attached hydrogens (tertiary/aromatic N) is 6. The minimum atomic E-state index is -0.306. The van der Waals surface area contributed by atoms with Crippen LogP contribution in [-0.4, -0.2) is 70.8 Å². The highest BCUT2D eigenvalue weighted by Gasteiger charge is 2.24. The summed E-state index contributed by atoms with van der Waals surface area (Å²) in [4.78, 5) is 22.4. The maximum absolute atomic E-state index is 14.4. The number of rotatable bonds is 7. The highest BCUT2D eigenvalue weighted by molar-refractivity contribution is 5.84. The molecule has 0 radical (unpaired) electrons. The van der Waals surface area contributed by atoms with Crippen molar-refractivity contribution in [2.24, 2.45) is 5.92 Å². The van der Waals surface area contributed by atoms with E-state index >= 15 is 0 Å². The Morgan fingerprint density at radius 3 is 2.50 bits per heavy atom. The van der Waals surface area contributed by atoms with Crippen molar-refractivity contribution in [2.45, 2.75) is 32.6 Å². The van der Waals surface area contributed by atoms with E-state index in [1.807, 2.05) is 0 Å². The molecule has 2 aromatic heterocycles. The van der Waals surface area contributed by atoms with Gasteiger partial charge in [-0.15, -0.1) is 0 Å². The molecule has 36 heavy (non-hydrogen) atoms. The fraction of sp³-hybridized carbons (Fsp3) is 0.481. The number of halogens is 1. The van der Waals surface area contributed by atoms with Crippen LogP contribution in [0.2, 0.25) is 0 Å². The normalized spacial score (nSPS) is 17.5. The summed E-state index contributed by atoms with van der Waals surface area (Å²) in [6.07, 6.45) is 8.98. The number of anilines is 3. The van der Waals surface area contributed by atoms with Crippen molar-refractivity contribution in [3.8, 4) is 11.1 Å². The van der Waals surface area contributed by atoms with Crippen LogP contribution in [0, 0.1) is 11.7 Å². The Morgan fingerprint density at radius 2 is 1.72 bits per heavy atom. The largest absolute Gasteiger partial charge is 0.381 e. The van der Waals surface area contributed by atoms with Crippen LogP contribution >= 0.6 is 0 Å². The number of hydrogen-bond acceptors (Lipinski definition) is 8. The first-order valence-corrected chi connectivity index (χ1v) is 12.8. The lowest BCUT2D eigenvalue weighted by atomic mass is 9.97. The molecule has 0 saturated carbocycles. The lowest BCUT2D eigenvalue weighted by Crippen LogP contribution is -2.48. The van der Waals surface area contributed by atoms with Crippen LogP contribution in [0.25, 0.3) is 11.1 Å². The molecule has 0 spiro atoms. The number of nitrogens with one attached hydrogen (secondary N) is 1. The van der Waals surface area contributed by atoms with Crippen molar-refractivity contribution in [1.82, 2.24) is 24.8 Å². The van der Waals surface area contributed by atoms with E-state index < -0.39 is 0 Å². The van der Waals surface area contributed by atoms with E-state index in [0.29, 0.717) is 0 Å². The zero-order valence-electron chi connectivity index (χ0n) is 21.0. The van der Waals surface area contributed by atoms with Gasteiger partial charge >= 0.3 is 0 Å². The number of hydrogen-bond donors (Lipinski definition) is 1. The summed E-state index contributed by atoms with van der Waals surface area (Å²) < 4.78 is 19.9. The molecule has 0 atom stereocenters. The monoisotopic (exact) mass is 491 g/mol. The smallest absolute Gasteiger partial charge is 0.155 e. The summed E-state index contributed by atoms with van der Waals surface area (Å²) in [6, 6.07) is 4.75. The molecule has 9 heteroatoms. The van der Waals surface area contributed by atoms with Crippen LogP contribution in [0.5, 0.6) is 0 Å². The Bertz CT molecular complexity index is 1160. The van der Waals surface area contributed by atoms with Gasteiger partial charge in [0.05, 0.1) is 11.9 Å². The first-order chi connectivity index (χ1) is 17.6. The van der Waals surface area contributed by atoms with Crippen LogP contribution in [0.4, 0.5) is 21.6 Å². The van der Waals surface area contributed by atoms with Crippen LogP contribution < -0.4 is 10.2 Å². The molecule has 1 N–H and O–H groups in total. The summed E-state index contributed by atoms with van der Waals surface area (Å²) in [5, 5.41) is 3.49. The van der Waals surface area contributed by atoms with Crippen molar-refractivity contribution in [3.05, 3.63) is 54.8 Å². The van der Waals surface area contributed by atoms with Gasteiger partial charge in [0.15, 0.2) is 5.82 Å². The molecule has 0 unspecified atom stereocenters. The molecule has 8 nitrogen and oxygen atoms in total. The van der Waals surface area contributed by atoms with Gasteiger partial charge < -0.3 is 15.0 Å². The summed E-state index contributed by atoms with van der Waals surface area (Å²) in [5.41, 5.74) is 3.97. The maximum Gasteiger partial charge on any atom is 0.155 e. The van der Waals surface area contributed by atoms with Gasteiger partial charge in [-0.05, 0) is 42.9 Å². The van der Waals surface area contributed by atoms with Crippen LogP contribution in [0.15, 0.2) is 43.2 Å². The van der Waals surface area contributed by atoms with E-state index in [-0.39, 0.29) is 11.7 Å². The predicted octanol–water partition coefficient (Wildman–Crippen LogP) is 4.49. The minimum absolute atomic E-state index is 0.173. The van der Waals surface area contributed by atoms with E-state index in [4.69, 9.17) is 4.74 Å². The van der Waals surface area contributed by atoms with Gasteiger partial charge in [-0.3, -0.25) is 4.90 Å². The zero-order valence-corrected chi connectivity index (χ0v) is 21.0. The summed E-state index contributed by atoms with van der Waals surface area (Å²) >= 11 is 0. The standard InChI is InChI=1S/C27H34FN7O/c1-19(2)26-23(14-29-17-31-26)22-13-21(28)3-4-24(22)33-25-15-30-18-32-27(25)35-9-7-34(8-10-35)16-20-5-11-36-12-6-20/h3-4,13-15,17-20,33H,5-12,16H2,1-2H3. The van der Waals surface area contributed by atoms with Crippen molar-refractivity contribution in [2.75, 3.05) is 56.2 Å². The van der Waals surface area contributed by atoms with Gasteiger partial charge in [-0.2, -0.15) is 0 Å². The van der Waals surface area contributed by atoms with E-state index in [2.05, 4.69) is 48.9 Å². The van der Waals surface area contributed by atoms with Crippen LogP contribution in [-0.2, 0) is 4.74 Å². The Labute approximate surface area is 212 Å². The van der Waals surface area contributed by atoms with E-state index in [1.165, 1.54) is 18.5 Å². The Balaban J connectivity index is 1.35. The SMILES string of the molecule is CC(C)c1ncncc1-c1cc(F)ccc1Nc1cncnc1N1CCN(CC2CCOCC2)CC1.